The lowest BCUT2D eigenvalue weighted by Gasteiger charge is -2.41. The number of aromatic nitrogens is 3. The third-order valence-corrected chi connectivity index (χ3v) is 7.43. The molecule has 0 bridgehead atoms. The molecule has 2 heterocycles. The van der Waals surface area contributed by atoms with E-state index in [1.165, 1.54) is 13.8 Å². The summed E-state index contributed by atoms with van der Waals surface area (Å²) in [4.78, 5) is 23.7. The third-order valence-electron chi connectivity index (χ3n) is 6.31. The van der Waals surface area contributed by atoms with Crippen molar-refractivity contribution in [1.29, 1.82) is 0 Å². The van der Waals surface area contributed by atoms with Crippen molar-refractivity contribution in [1.82, 2.24) is 14.8 Å². The molecule has 10 nitrogen and oxygen atoms in total. The SMILES string of the molecule is CC(=O)O[C@@H](C)C(=O)Nc1cccc([C@@H]2O[C@H](CSc3nncn3C)[C@H](C)[C@H](c3ccc(CO)cc3)O2)c1. The highest BCUT2D eigenvalue weighted by Crippen LogP contribution is 2.43. The van der Waals surface area contributed by atoms with Crippen LogP contribution >= 0.6 is 11.8 Å². The Kier molecular flexibility index (Phi) is 9.16. The molecular formula is C27H32N4O6S. The maximum atomic E-state index is 12.5. The number of aryl methyl sites for hydroxylation is 1. The van der Waals surface area contributed by atoms with Crippen LogP contribution in [0.2, 0.25) is 0 Å². The van der Waals surface area contributed by atoms with Crippen molar-refractivity contribution >= 4 is 29.3 Å². The molecule has 202 valence electrons. The fourth-order valence-electron chi connectivity index (χ4n) is 4.18. The predicted octanol–water partition coefficient (Wildman–Crippen LogP) is 3.78. The molecule has 11 heteroatoms. The van der Waals surface area contributed by atoms with Crippen LogP contribution in [-0.2, 0) is 37.5 Å². The molecule has 1 aliphatic rings. The number of carbonyl (C=O) groups excluding carboxylic acids is 2. The zero-order chi connectivity index (χ0) is 27.2. The van der Waals surface area contributed by atoms with Gasteiger partial charge in [0.25, 0.3) is 5.91 Å². The van der Waals surface area contributed by atoms with Gasteiger partial charge in [-0.25, -0.2) is 0 Å². The van der Waals surface area contributed by atoms with Crippen molar-refractivity contribution in [3.63, 3.8) is 0 Å². The molecule has 2 N–H and O–H groups in total. The second-order valence-electron chi connectivity index (χ2n) is 9.22. The van der Waals surface area contributed by atoms with Gasteiger partial charge in [-0.3, -0.25) is 9.59 Å². The van der Waals surface area contributed by atoms with Crippen molar-refractivity contribution in [2.75, 3.05) is 11.1 Å². The lowest BCUT2D eigenvalue weighted by molar-refractivity contribution is -0.268. The molecule has 1 aromatic heterocycles. The Morgan fingerprint density at radius 2 is 1.95 bits per heavy atom. The molecule has 38 heavy (non-hydrogen) atoms. The van der Waals surface area contributed by atoms with Gasteiger partial charge in [-0.15, -0.1) is 10.2 Å². The van der Waals surface area contributed by atoms with Crippen LogP contribution in [0.15, 0.2) is 60.0 Å². The number of ether oxygens (including phenoxy) is 3. The van der Waals surface area contributed by atoms with E-state index in [-0.39, 0.29) is 24.7 Å². The predicted molar refractivity (Wildman–Crippen MR) is 141 cm³/mol. The minimum absolute atomic E-state index is 0.0134. The second kappa shape index (κ2) is 12.5. The molecule has 0 unspecified atom stereocenters. The van der Waals surface area contributed by atoms with Crippen LogP contribution in [0.1, 0.15) is 49.9 Å². The van der Waals surface area contributed by atoms with Gasteiger partial charge in [0, 0.05) is 36.9 Å². The van der Waals surface area contributed by atoms with E-state index >= 15 is 0 Å². The molecule has 0 spiro atoms. The van der Waals surface area contributed by atoms with E-state index < -0.39 is 24.3 Å². The van der Waals surface area contributed by atoms with Gasteiger partial charge in [-0.2, -0.15) is 0 Å². The van der Waals surface area contributed by atoms with E-state index in [1.807, 2.05) is 41.9 Å². The Morgan fingerprint density at radius 3 is 2.61 bits per heavy atom. The van der Waals surface area contributed by atoms with Crippen LogP contribution in [0.5, 0.6) is 0 Å². The van der Waals surface area contributed by atoms with E-state index in [1.54, 1.807) is 36.3 Å². The molecule has 1 saturated heterocycles. The van der Waals surface area contributed by atoms with Crippen LogP contribution in [0.4, 0.5) is 5.69 Å². The largest absolute Gasteiger partial charge is 0.453 e. The number of aliphatic hydroxyl groups is 1. The first-order valence-corrected chi connectivity index (χ1v) is 13.3. The van der Waals surface area contributed by atoms with Gasteiger partial charge in [0.15, 0.2) is 17.6 Å². The third kappa shape index (κ3) is 6.79. The molecule has 5 atom stereocenters. The molecule has 3 aromatic rings. The van der Waals surface area contributed by atoms with Crippen LogP contribution < -0.4 is 5.32 Å². The maximum absolute atomic E-state index is 12.5. The highest BCUT2D eigenvalue weighted by molar-refractivity contribution is 7.99. The summed E-state index contributed by atoms with van der Waals surface area (Å²) in [6, 6.07) is 14.9. The van der Waals surface area contributed by atoms with Crippen molar-refractivity contribution in [3.05, 3.63) is 71.5 Å². The van der Waals surface area contributed by atoms with Gasteiger partial charge < -0.3 is 29.2 Å². The van der Waals surface area contributed by atoms with E-state index in [9.17, 15) is 14.7 Å². The summed E-state index contributed by atoms with van der Waals surface area (Å²) in [5.41, 5.74) is 3.08. The number of anilines is 1. The number of hydrogen-bond acceptors (Lipinski definition) is 9. The van der Waals surface area contributed by atoms with Gasteiger partial charge >= 0.3 is 5.97 Å². The van der Waals surface area contributed by atoms with Gasteiger partial charge in [-0.1, -0.05) is 55.1 Å². The number of aliphatic hydroxyl groups excluding tert-OH is 1. The molecule has 0 radical (unpaired) electrons. The number of rotatable bonds is 9. The van der Waals surface area contributed by atoms with E-state index in [0.717, 1.165) is 21.8 Å². The number of benzene rings is 2. The minimum Gasteiger partial charge on any atom is -0.453 e. The summed E-state index contributed by atoms with van der Waals surface area (Å²) in [5.74, 6) is -0.312. The van der Waals surface area contributed by atoms with Crippen LogP contribution in [0.3, 0.4) is 0 Å². The van der Waals surface area contributed by atoms with E-state index in [2.05, 4.69) is 22.4 Å². The molecule has 1 amide bonds. The Bertz CT molecular complexity index is 1250. The summed E-state index contributed by atoms with van der Waals surface area (Å²) < 4.78 is 19.8. The topological polar surface area (TPSA) is 125 Å². The lowest BCUT2D eigenvalue weighted by atomic mass is 9.91. The fourth-order valence-corrected chi connectivity index (χ4v) is 5.23. The monoisotopic (exact) mass is 540 g/mol. The smallest absolute Gasteiger partial charge is 0.303 e. The minimum atomic E-state index is -0.924. The number of amides is 1. The lowest BCUT2D eigenvalue weighted by Crippen LogP contribution is -2.38. The number of esters is 1. The number of carbonyl (C=O) groups is 2. The van der Waals surface area contributed by atoms with Gasteiger partial charge in [-0.05, 0) is 30.2 Å². The highest BCUT2D eigenvalue weighted by atomic mass is 32.2. The molecular weight excluding hydrogens is 508 g/mol. The number of nitrogens with zero attached hydrogens (tertiary/aromatic N) is 3. The van der Waals surface area contributed by atoms with Gasteiger partial charge in [0.2, 0.25) is 0 Å². The van der Waals surface area contributed by atoms with Crippen molar-refractivity contribution in [2.24, 2.45) is 13.0 Å². The first-order valence-electron chi connectivity index (χ1n) is 12.3. The Morgan fingerprint density at radius 1 is 1.18 bits per heavy atom. The van der Waals surface area contributed by atoms with Gasteiger partial charge in [0.1, 0.15) is 6.33 Å². The summed E-state index contributed by atoms with van der Waals surface area (Å²) in [5, 5.41) is 21.1. The molecule has 1 aliphatic heterocycles. The zero-order valence-electron chi connectivity index (χ0n) is 21.7. The molecule has 0 aliphatic carbocycles. The second-order valence-corrected chi connectivity index (χ2v) is 10.2. The van der Waals surface area contributed by atoms with E-state index in [0.29, 0.717) is 11.4 Å². The summed E-state index contributed by atoms with van der Waals surface area (Å²) in [7, 11) is 1.90. The number of nitrogens with one attached hydrogen (secondary N) is 1. The molecule has 2 aromatic carbocycles. The van der Waals surface area contributed by atoms with Crippen molar-refractivity contribution < 1.29 is 28.9 Å². The highest BCUT2D eigenvalue weighted by Gasteiger charge is 2.38. The normalized spacial score (nSPS) is 22.0. The fraction of sp³-hybridized carbons (Fsp3) is 0.407. The van der Waals surface area contributed by atoms with Gasteiger partial charge in [0.05, 0.1) is 18.8 Å². The Hall–Kier alpha value is -3.25. The standard InChI is InChI=1S/C27H32N4O6S/c1-16-23(14-38-27-30-28-15-31(27)4)36-26(37-24(16)20-10-8-19(13-32)9-11-20)21-6-5-7-22(12-21)29-25(34)17(2)35-18(3)33/h5-12,15-17,23-24,26,32H,13-14H2,1-4H3,(H,29,34)/t16-,17-,23+,24+,26+/m0/s1. The summed E-state index contributed by atoms with van der Waals surface area (Å²) in [6.45, 7) is 4.84. The van der Waals surface area contributed by atoms with E-state index in [4.69, 9.17) is 14.2 Å². The van der Waals surface area contributed by atoms with Crippen molar-refractivity contribution in [3.8, 4) is 0 Å². The molecule has 4 rings (SSSR count). The summed E-state index contributed by atoms with van der Waals surface area (Å²) in [6.07, 6.45) is -0.407. The number of thioether (sulfide) groups is 1. The van der Waals surface area contributed by atoms with Crippen LogP contribution in [0, 0.1) is 5.92 Å². The first-order chi connectivity index (χ1) is 18.2. The maximum Gasteiger partial charge on any atom is 0.303 e. The number of hydrogen-bond donors (Lipinski definition) is 2. The molecule has 1 fully saturated rings. The zero-order valence-corrected chi connectivity index (χ0v) is 22.6. The average molecular weight is 541 g/mol. The van der Waals surface area contributed by atoms with Crippen LogP contribution in [0.25, 0.3) is 0 Å². The average Bonchev–Trinajstić information content (AvgIpc) is 3.32. The Labute approximate surface area is 225 Å². The summed E-state index contributed by atoms with van der Waals surface area (Å²) >= 11 is 1.56. The van der Waals surface area contributed by atoms with Crippen LogP contribution in [-0.4, -0.2) is 49.7 Å². The van der Waals surface area contributed by atoms with Crippen molar-refractivity contribution in [2.45, 2.75) is 57.1 Å². The molecule has 0 saturated carbocycles. The first kappa shape index (κ1) is 27.8. The Balaban J connectivity index is 1.56. The quantitative estimate of drug-likeness (QED) is 0.308.